The van der Waals surface area contributed by atoms with Gasteiger partial charge in [-0.15, -0.1) is 5.10 Å². The third-order valence-electron chi connectivity index (χ3n) is 6.09. The summed E-state index contributed by atoms with van der Waals surface area (Å²) in [5.74, 6) is 3.34. The zero-order valence-electron chi connectivity index (χ0n) is 15.9. The van der Waals surface area contributed by atoms with Gasteiger partial charge in [-0.2, -0.15) is 5.26 Å². The van der Waals surface area contributed by atoms with Crippen molar-refractivity contribution >= 4 is 5.82 Å². The zero-order valence-corrected chi connectivity index (χ0v) is 15.9. The Morgan fingerprint density at radius 1 is 1.11 bits per heavy atom. The quantitative estimate of drug-likeness (QED) is 0.721. The first-order valence-corrected chi connectivity index (χ1v) is 9.85. The van der Waals surface area contributed by atoms with E-state index in [4.69, 9.17) is 10.4 Å². The van der Waals surface area contributed by atoms with E-state index >= 15 is 0 Å². The topological polar surface area (TPSA) is 65.7 Å². The largest absolute Gasteiger partial charge is 0.368 e. The molecule has 1 aromatic heterocycles. The predicted octanol–water partition coefficient (Wildman–Crippen LogP) is 3.60. The molecule has 0 spiro atoms. The number of hydrogen-bond donors (Lipinski definition) is 2. The smallest absolute Gasteiger partial charge is 0.149 e. The maximum atomic E-state index is 9.07. The van der Waals surface area contributed by atoms with Gasteiger partial charge in [0.1, 0.15) is 5.82 Å². The van der Waals surface area contributed by atoms with Crippen LogP contribution < -0.4 is 10.6 Å². The van der Waals surface area contributed by atoms with Crippen LogP contribution in [0.3, 0.4) is 0 Å². The van der Waals surface area contributed by atoms with Crippen LogP contribution in [0.4, 0.5) is 5.82 Å². The fraction of sp³-hybridized carbons (Fsp3) is 0.304. The Bertz CT molecular complexity index is 1020. The molecule has 5 nitrogen and oxygen atoms in total. The zero-order chi connectivity index (χ0) is 19.1. The number of nitrogens with zero attached hydrogens (tertiary/aromatic N) is 3. The molecule has 0 unspecified atom stereocenters. The van der Waals surface area contributed by atoms with Gasteiger partial charge in [0.25, 0.3) is 0 Å². The molecule has 5 heteroatoms. The van der Waals surface area contributed by atoms with Gasteiger partial charge in [0.05, 0.1) is 23.0 Å². The number of rotatable bonds is 5. The number of fused-ring (bicyclic) bond motifs is 1. The minimum atomic E-state index is 0.653. The van der Waals surface area contributed by atoms with E-state index in [9.17, 15) is 0 Å². The van der Waals surface area contributed by atoms with Crippen molar-refractivity contribution in [3.63, 3.8) is 0 Å². The van der Waals surface area contributed by atoms with Gasteiger partial charge in [-0.3, -0.25) is 0 Å². The standard InChI is InChI=1S/C23H23N5/c1-15-2-6-17(7-3-15)22-10-23(26-14-21-19-12-25-13-20(19)21)27-28(22)18-8-4-16(11-24)5-9-18/h2-10,19-21,25H,12-14H2,1H3,(H,26,27)/t19-,20-/m0/s1. The predicted molar refractivity (Wildman–Crippen MR) is 110 cm³/mol. The highest BCUT2D eigenvalue weighted by molar-refractivity contribution is 5.66. The van der Waals surface area contributed by atoms with Crippen molar-refractivity contribution in [2.24, 2.45) is 17.8 Å². The van der Waals surface area contributed by atoms with Gasteiger partial charge in [-0.1, -0.05) is 29.8 Å². The molecule has 1 saturated carbocycles. The van der Waals surface area contributed by atoms with Crippen molar-refractivity contribution in [3.05, 3.63) is 65.7 Å². The molecule has 140 valence electrons. The monoisotopic (exact) mass is 369 g/mol. The molecular formula is C23H23N5. The first-order chi connectivity index (χ1) is 13.7. The van der Waals surface area contributed by atoms with Crippen LogP contribution in [-0.4, -0.2) is 29.4 Å². The molecule has 3 aromatic rings. The SMILES string of the molecule is Cc1ccc(-c2cc(NCC3[C@H]4CNC[C@H]34)nn2-c2ccc(C#N)cc2)cc1. The van der Waals surface area contributed by atoms with Gasteiger partial charge >= 0.3 is 0 Å². The Balaban J connectivity index is 1.45. The molecule has 1 aliphatic carbocycles. The Morgan fingerprint density at radius 2 is 1.82 bits per heavy atom. The molecule has 2 aromatic carbocycles. The molecule has 2 aliphatic rings. The van der Waals surface area contributed by atoms with Crippen LogP contribution >= 0.6 is 0 Å². The van der Waals surface area contributed by atoms with Gasteiger partial charge in [0.15, 0.2) is 0 Å². The number of nitriles is 1. The second-order valence-electron chi connectivity index (χ2n) is 7.88. The molecule has 28 heavy (non-hydrogen) atoms. The minimum absolute atomic E-state index is 0.653. The molecule has 2 atom stereocenters. The van der Waals surface area contributed by atoms with Gasteiger partial charge in [0, 0.05) is 18.2 Å². The summed E-state index contributed by atoms with van der Waals surface area (Å²) in [6.07, 6.45) is 0. The summed E-state index contributed by atoms with van der Waals surface area (Å²) in [4.78, 5) is 0. The molecular weight excluding hydrogens is 346 g/mol. The molecule has 0 bridgehead atoms. The van der Waals surface area contributed by atoms with Crippen LogP contribution in [0.5, 0.6) is 0 Å². The average molecular weight is 369 g/mol. The highest BCUT2D eigenvalue weighted by Gasteiger charge is 2.52. The van der Waals surface area contributed by atoms with Crippen LogP contribution in [0.1, 0.15) is 11.1 Å². The number of piperidine rings is 1. The molecule has 5 rings (SSSR count). The Hall–Kier alpha value is -3.10. The number of benzene rings is 2. The molecule has 2 N–H and O–H groups in total. The van der Waals surface area contributed by atoms with E-state index in [0.29, 0.717) is 5.56 Å². The second-order valence-corrected chi connectivity index (χ2v) is 7.88. The molecule has 2 fully saturated rings. The van der Waals surface area contributed by atoms with Crippen molar-refractivity contribution in [3.8, 4) is 23.0 Å². The van der Waals surface area contributed by atoms with Gasteiger partial charge < -0.3 is 10.6 Å². The number of nitrogens with one attached hydrogen (secondary N) is 2. The van der Waals surface area contributed by atoms with E-state index in [1.54, 1.807) is 0 Å². The highest BCUT2D eigenvalue weighted by Crippen LogP contribution is 2.48. The maximum absolute atomic E-state index is 9.07. The van der Waals surface area contributed by atoms with E-state index in [1.807, 2.05) is 28.9 Å². The van der Waals surface area contributed by atoms with Crippen LogP contribution in [0.15, 0.2) is 54.6 Å². The van der Waals surface area contributed by atoms with Crippen molar-refractivity contribution in [2.75, 3.05) is 25.0 Å². The third kappa shape index (κ3) is 3.06. The van der Waals surface area contributed by atoms with Crippen LogP contribution in [0.25, 0.3) is 16.9 Å². The second kappa shape index (κ2) is 6.81. The lowest BCUT2D eigenvalue weighted by Gasteiger charge is -2.08. The number of aryl methyl sites for hydroxylation is 1. The average Bonchev–Trinajstić information content (AvgIpc) is 3.07. The van der Waals surface area contributed by atoms with E-state index < -0.39 is 0 Å². The molecule has 2 heterocycles. The first-order valence-electron chi connectivity index (χ1n) is 9.85. The Kier molecular flexibility index (Phi) is 4.14. The highest BCUT2D eigenvalue weighted by atomic mass is 15.3. The van der Waals surface area contributed by atoms with E-state index in [1.165, 1.54) is 5.56 Å². The van der Waals surface area contributed by atoms with Crippen LogP contribution in [0, 0.1) is 36.0 Å². The number of anilines is 1. The molecule has 1 aliphatic heterocycles. The first kappa shape index (κ1) is 17.0. The lowest BCUT2D eigenvalue weighted by molar-refractivity contribution is 0.614. The van der Waals surface area contributed by atoms with Crippen molar-refractivity contribution < 1.29 is 0 Å². The summed E-state index contributed by atoms with van der Waals surface area (Å²) in [5.41, 5.74) is 5.02. The Morgan fingerprint density at radius 3 is 2.50 bits per heavy atom. The van der Waals surface area contributed by atoms with Crippen LogP contribution in [0.2, 0.25) is 0 Å². The minimum Gasteiger partial charge on any atom is -0.368 e. The van der Waals surface area contributed by atoms with Gasteiger partial charge in [-0.05, 0) is 62.0 Å². The summed E-state index contributed by atoms with van der Waals surface area (Å²) in [5, 5.41) is 20.9. The summed E-state index contributed by atoms with van der Waals surface area (Å²) >= 11 is 0. The number of hydrogen-bond acceptors (Lipinski definition) is 4. The van der Waals surface area contributed by atoms with Crippen molar-refractivity contribution in [2.45, 2.75) is 6.92 Å². The lowest BCUT2D eigenvalue weighted by atomic mass is 10.1. The third-order valence-corrected chi connectivity index (χ3v) is 6.09. The fourth-order valence-corrected chi connectivity index (χ4v) is 4.34. The normalized spacial score (nSPS) is 22.5. The molecule has 0 amide bonds. The van der Waals surface area contributed by atoms with Gasteiger partial charge in [0.2, 0.25) is 0 Å². The van der Waals surface area contributed by atoms with E-state index in [0.717, 1.165) is 60.2 Å². The number of aromatic nitrogens is 2. The lowest BCUT2D eigenvalue weighted by Crippen LogP contribution is -2.18. The van der Waals surface area contributed by atoms with E-state index in [2.05, 4.69) is 54.0 Å². The molecule has 0 radical (unpaired) electrons. The van der Waals surface area contributed by atoms with E-state index in [-0.39, 0.29) is 0 Å². The van der Waals surface area contributed by atoms with Crippen molar-refractivity contribution in [1.29, 1.82) is 5.26 Å². The molecule has 1 saturated heterocycles. The summed E-state index contributed by atoms with van der Waals surface area (Å²) < 4.78 is 1.96. The van der Waals surface area contributed by atoms with Crippen molar-refractivity contribution in [1.82, 2.24) is 15.1 Å². The summed E-state index contributed by atoms with van der Waals surface area (Å²) in [7, 11) is 0. The van der Waals surface area contributed by atoms with Gasteiger partial charge in [-0.25, -0.2) is 4.68 Å². The maximum Gasteiger partial charge on any atom is 0.149 e. The summed E-state index contributed by atoms with van der Waals surface area (Å²) in [6, 6.07) is 20.4. The fourth-order valence-electron chi connectivity index (χ4n) is 4.34. The Labute approximate surface area is 165 Å². The summed E-state index contributed by atoms with van der Waals surface area (Å²) in [6.45, 7) is 5.39. The van der Waals surface area contributed by atoms with Crippen LogP contribution in [-0.2, 0) is 0 Å².